The summed E-state index contributed by atoms with van der Waals surface area (Å²) in [7, 11) is 0. The molecule has 0 amide bonds. The van der Waals surface area contributed by atoms with Crippen molar-refractivity contribution in [1.82, 2.24) is 9.97 Å². The molecule has 1 rings (SSSR count). The molecule has 0 saturated carbocycles. The molecule has 0 radical (unpaired) electrons. The molecule has 76 valence electrons. The van der Waals surface area contributed by atoms with E-state index in [-0.39, 0.29) is 5.95 Å². The predicted molar refractivity (Wildman–Crippen MR) is 51.8 cm³/mol. The fourth-order valence-electron chi connectivity index (χ4n) is 1.08. The van der Waals surface area contributed by atoms with Crippen LogP contribution in [0, 0.1) is 0 Å². The van der Waals surface area contributed by atoms with Crippen molar-refractivity contribution in [2.45, 2.75) is 20.3 Å². The van der Waals surface area contributed by atoms with Gasteiger partial charge in [-0.25, -0.2) is 14.8 Å². The number of nitrogen functional groups attached to an aromatic ring is 1. The molecule has 1 heterocycles. The molecule has 0 aliphatic rings. The first kappa shape index (κ1) is 10.4. The summed E-state index contributed by atoms with van der Waals surface area (Å²) in [6.07, 6.45) is 2.03. The third kappa shape index (κ3) is 2.18. The van der Waals surface area contributed by atoms with Crippen molar-refractivity contribution in [3.8, 4) is 0 Å². The van der Waals surface area contributed by atoms with Gasteiger partial charge in [0.1, 0.15) is 0 Å². The molecule has 0 spiro atoms. The summed E-state index contributed by atoms with van der Waals surface area (Å²) >= 11 is 0. The normalized spacial score (nSPS) is 9.86. The van der Waals surface area contributed by atoms with Crippen LogP contribution in [0.1, 0.15) is 29.9 Å². The SMILES string of the molecule is CCOC(=O)c1cnc(N)nc1CC. The lowest BCUT2D eigenvalue weighted by Crippen LogP contribution is -2.11. The maximum Gasteiger partial charge on any atom is 0.341 e. The quantitative estimate of drug-likeness (QED) is 0.721. The van der Waals surface area contributed by atoms with Gasteiger partial charge in [0.05, 0.1) is 17.9 Å². The Morgan fingerprint density at radius 1 is 1.57 bits per heavy atom. The van der Waals surface area contributed by atoms with Gasteiger partial charge in [0, 0.05) is 6.20 Å². The number of carbonyl (C=O) groups is 1. The van der Waals surface area contributed by atoms with Crippen molar-refractivity contribution in [1.29, 1.82) is 0 Å². The summed E-state index contributed by atoms with van der Waals surface area (Å²) in [5.74, 6) is -0.223. The minimum Gasteiger partial charge on any atom is -0.462 e. The van der Waals surface area contributed by atoms with Crippen molar-refractivity contribution in [3.05, 3.63) is 17.5 Å². The van der Waals surface area contributed by atoms with Crippen LogP contribution >= 0.6 is 0 Å². The minimum atomic E-state index is -0.399. The lowest BCUT2D eigenvalue weighted by atomic mass is 10.2. The van der Waals surface area contributed by atoms with Gasteiger partial charge >= 0.3 is 5.97 Å². The molecular formula is C9H13N3O2. The van der Waals surface area contributed by atoms with Gasteiger partial charge in [-0.2, -0.15) is 0 Å². The van der Waals surface area contributed by atoms with E-state index >= 15 is 0 Å². The Morgan fingerprint density at radius 2 is 2.29 bits per heavy atom. The third-order valence-corrected chi connectivity index (χ3v) is 1.72. The van der Waals surface area contributed by atoms with Crippen LogP contribution in [-0.2, 0) is 11.2 Å². The van der Waals surface area contributed by atoms with Gasteiger partial charge < -0.3 is 10.5 Å². The fraction of sp³-hybridized carbons (Fsp3) is 0.444. The monoisotopic (exact) mass is 195 g/mol. The molecule has 0 aliphatic heterocycles. The Balaban J connectivity index is 3.01. The van der Waals surface area contributed by atoms with Crippen molar-refractivity contribution < 1.29 is 9.53 Å². The van der Waals surface area contributed by atoms with Crippen LogP contribution in [0.4, 0.5) is 5.95 Å². The summed E-state index contributed by atoms with van der Waals surface area (Å²) in [6.45, 7) is 3.98. The van der Waals surface area contributed by atoms with Gasteiger partial charge in [0.25, 0.3) is 0 Å². The second-order valence-corrected chi connectivity index (χ2v) is 2.66. The van der Waals surface area contributed by atoms with E-state index in [4.69, 9.17) is 10.5 Å². The highest BCUT2D eigenvalue weighted by Crippen LogP contribution is 2.08. The zero-order valence-electron chi connectivity index (χ0n) is 8.28. The number of esters is 1. The Hall–Kier alpha value is -1.65. The van der Waals surface area contributed by atoms with Crippen LogP contribution in [0.3, 0.4) is 0 Å². The van der Waals surface area contributed by atoms with Gasteiger partial charge in [-0.05, 0) is 13.3 Å². The Bertz CT molecular complexity index is 339. The molecule has 1 aromatic rings. The van der Waals surface area contributed by atoms with Crippen molar-refractivity contribution in [2.24, 2.45) is 0 Å². The van der Waals surface area contributed by atoms with E-state index in [0.29, 0.717) is 24.3 Å². The van der Waals surface area contributed by atoms with E-state index in [2.05, 4.69) is 9.97 Å². The number of rotatable bonds is 3. The van der Waals surface area contributed by atoms with Crippen molar-refractivity contribution in [2.75, 3.05) is 12.3 Å². The largest absolute Gasteiger partial charge is 0.462 e. The molecule has 0 bridgehead atoms. The smallest absolute Gasteiger partial charge is 0.341 e. The molecule has 0 aromatic carbocycles. The van der Waals surface area contributed by atoms with Crippen LogP contribution in [0.15, 0.2) is 6.20 Å². The van der Waals surface area contributed by atoms with Gasteiger partial charge in [-0.15, -0.1) is 0 Å². The van der Waals surface area contributed by atoms with Crippen LogP contribution in [0.5, 0.6) is 0 Å². The summed E-state index contributed by atoms with van der Waals surface area (Å²) < 4.78 is 4.85. The lowest BCUT2D eigenvalue weighted by Gasteiger charge is -2.05. The van der Waals surface area contributed by atoms with Gasteiger partial charge in [-0.1, -0.05) is 6.92 Å². The Labute approximate surface area is 82.3 Å². The molecule has 0 aliphatic carbocycles. The van der Waals surface area contributed by atoms with Gasteiger partial charge in [-0.3, -0.25) is 0 Å². The first-order valence-electron chi connectivity index (χ1n) is 4.47. The maximum absolute atomic E-state index is 11.4. The summed E-state index contributed by atoms with van der Waals surface area (Å²) in [5, 5.41) is 0. The zero-order chi connectivity index (χ0) is 10.6. The number of hydrogen-bond acceptors (Lipinski definition) is 5. The third-order valence-electron chi connectivity index (χ3n) is 1.72. The van der Waals surface area contributed by atoms with E-state index in [1.54, 1.807) is 6.92 Å². The average Bonchev–Trinajstić information content (AvgIpc) is 2.17. The van der Waals surface area contributed by atoms with E-state index in [1.165, 1.54) is 6.20 Å². The van der Waals surface area contributed by atoms with Crippen LogP contribution in [0.25, 0.3) is 0 Å². The van der Waals surface area contributed by atoms with E-state index < -0.39 is 5.97 Å². The molecule has 1 aromatic heterocycles. The number of hydrogen-bond donors (Lipinski definition) is 1. The number of nitrogens with zero attached hydrogens (tertiary/aromatic N) is 2. The zero-order valence-corrected chi connectivity index (χ0v) is 8.28. The number of aromatic nitrogens is 2. The number of anilines is 1. The van der Waals surface area contributed by atoms with E-state index in [9.17, 15) is 4.79 Å². The molecule has 2 N–H and O–H groups in total. The first-order valence-corrected chi connectivity index (χ1v) is 4.47. The van der Waals surface area contributed by atoms with Crippen LogP contribution in [-0.4, -0.2) is 22.5 Å². The van der Waals surface area contributed by atoms with Crippen LogP contribution in [0.2, 0.25) is 0 Å². The topological polar surface area (TPSA) is 78.1 Å². The second-order valence-electron chi connectivity index (χ2n) is 2.66. The highest BCUT2D eigenvalue weighted by atomic mass is 16.5. The molecule has 5 nitrogen and oxygen atoms in total. The lowest BCUT2D eigenvalue weighted by molar-refractivity contribution is 0.0524. The average molecular weight is 195 g/mol. The van der Waals surface area contributed by atoms with Crippen LogP contribution < -0.4 is 5.73 Å². The van der Waals surface area contributed by atoms with E-state index in [1.807, 2.05) is 6.92 Å². The molecule has 0 fully saturated rings. The highest BCUT2D eigenvalue weighted by Gasteiger charge is 2.13. The standard InChI is InChI=1S/C9H13N3O2/c1-3-7-6(8(13)14-4-2)5-11-9(10)12-7/h5H,3-4H2,1-2H3,(H2,10,11,12). The second kappa shape index (κ2) is 4.55. The minimum absolute atomic E-state index is 0.176. The molecule has 0 atom stereocenters. The molecule has 0 unspecified atom stereocenters. The predicted octanol–water partition coefficient (Wildman–Crippen LogP) is 0.798. The molecule has 5 heteroatoms. The number of aryl methyl sites for hydroxylation is 1. The fourth-order valence-corrected chi connectivity index (χ4v) is 1.08. The number of carbonyl (C=O) groups excluding carboxylic acids is 1. The maximum atomic E-state index is 11.4. The Kier molecular flexibility index (Phi) is 3.39. The number of ether oxygens (including phenoxy) is 1. The van der Waals surface area contributed by atoms with Crippen molar-refractivity contribution >= 4 is 11.9 Å². The van der Waals surface area contributed by atoms with Gasteiger partial charge in [0.2, 0.25) is 5.95 Å². The van der Waals surface area contributed by atoms with Crippen molar-refractivity contribution in [3.63, 3.8) is 0 Å². The molecular weight excluding hydrogens is 182 g/mol. The van der Waals surface area contributed by atoms with E-state index in [0.717, 1.165) is 0 Å². The Morgan fingerprint density at radius 3 is 2.86 bits per heavy atom. The highest BCUT2D eigenvalue weighted by molar-refractivity contribution is 5.90. The summed E-state index contributed by atoms with van der Waals surface area (Å²) in [4.78, 5) is 19.1. The molecule has 0 saturated heterocycles. The van der Waals surface area contributed by atoms with Gasteiger partial charge in [0.15, 0.2) is 0 Å². The number of nitrogens with two attached hydrogens (primary N) is 1. The molecule has 14 heavy (non-hydrogen) atoms. The summed E-state index contributed by atoms with van der Waals surface area (Å²) in [6, 6.07) is 0. The summed E-state index contributed by atoms with van der Waals surface area (Å²) in [5.41, 5.74) is 6.42. The first-order chi connectivity index (χ1) is 6.69.